The molecular weight excluding hydrogens is 184 g/mol. The van der Waals surface area contributed by atoms with Gasteiger partial charge in [-0.15, -0.1) is 0 Å². The second-order valence-electron chi connectivity index (χ2n) is 4.57. The minimum Gasteiger partial charge on any atom is -0.479 e. The van der Waals surface area contributed by atoms with Crippen LogP contribution < -0.4 is 0 Å². The van der Waals surface area contributed by atoms with Gasteiger partial charge in [-0.25, -0.2) is 14.6 Å². The maximum absolute atomic E-state index is 10.9. The number of hydrogen-bond donors (Lipinski definition) is 1. The van der Waals surface area contributed by atoms with Crippen LogP contribution in [0.5, 0.6) is 0 Å². The normalized spacial score (nSPS) is 16.4. The van der Waals surface area contributed by atoms with Crippen LogP contribution in [0.2, 0.25) is 0 Å². The van der Waals surface area contributed by atoms with E-state index in [2.05, 4.69) is 0 Å². The molecule has 0 fully saturated rings. The number of carboxylic acids is 1. The van der Waals surface area contributed by atoms with Crippen molar-refractivity contribution < 1.29 is 19.7 Å². The zero-order chi connectivity index (χ0) is 11.4. The Labute approximate surface area is 85.1 Å². The SMILES string of the molecule is CCCC(C)(OOC(C)(C)C)C(=O)O. The van der Waals surface area contributed by atoms with E-state index in [4.69, 9.17) is 14.9 Å². The molecule has 4 heteroatoms. The highest BCUT2D eigenvalue weighted by molar-refractivity contribution is 5.76. The molecule has 1 atom stereocenters. The predicted octanol–water partition coefficient (Wildman–Crippen LogP) is 2.38. The lowest BCUT2D eigenvalue weighted by molar-refractivity contribution is -0.394. The van der Waals surface area contributed by atoms with E-state index < -0.39 is 17.2 Å². The summed E-state index contributed by atoms with van der Waals surface area (Å²) < 4.78 is 0. The van der Waals surface area contributed by atoms with Gasteiger partial charge in [0.15, 0.2) is 5.60 Å². The van der Waals surface area contributed by atoms with E-state index in [0.717, 1.165) is 6.42 Å². The van der Waals surface area contributed by atoms with Gasteiger partial charge < -0.3 is 5.11 Å². The smallest absolute Gasteiger partial charge is 0.339 e. The molecule has 0 amide bonds. The van der Waals surface area contributed by atoms with Gasteiger partial charge in [-0.2, -0.15) is 0 Å². The first-order valence-electron chi connectivity index (χ1n) is 4.81. The summed E-state index contributed by atoms with van der Waals surface area (Å²) in [6.45, 7) is 8.84. The summed E-state index contributed by atoms with van der Waals surface area (Å²) in [7, 11) is 0. The zero-order valence-electron chi connectivity index (χ0n) is 9.59. The Balaban J connectivity index is 4.31. The van der Waals surface area contributed by atoms with Gasteiger partial charge in [-0.3, -0.25) is 0 Å². The minimum absolute atomic E-state index is 0.429. The molecule has 0 aliphatic rings. The van der Waals surface area contributed by atoms with Gasteiger partial charge in [-0.05, 0) is 34.1 Å². The molecule has 0 aliphatic carbocycles. The molecule has 14 heavy (non-hydrogen) atoms. The third kappa shape index (κ3) is 4.58. The van der Waals surface area contributed by atoms with Gasteiger partial charge in [-0.1, -0.05) is 13.3 Å². The van der Waals surface area contributed by atoms with Crippen molar-refractivity contribution in [1.29, 1.82) is 0 Å². The average molecular weight is 204 g/mol. The molecule has 0 aromatic carbocycles. The minimum atomic E-state index is -1.25. The molecule has 0 rings (SSSR count). The summed E-state index contributed by atoms with van der Waals surface area (Å²) in [4.78, 5) is 20.9. The monoisotopic (exact) mass is 204 g/mol. The fourth-order valence-corrected chi connectivity index (χ4v) is 0.878. The molecule has 0 saturated carbocycles. The second kappa shape index (κ2) is 4.75. The van der Waals surface area contributed by atoms with Gasteiger partial charge in [0.1, 0.15) is 0 Å². The van der Waals surface area contributed by atoms with Crippen molar-refractivity contribution in [3.63, 3.8) is 0 Å². The van der Waals surface area contributed by atoms with E-state index in [1.807, 2.05) is 6.92 Å². The van der Waals surface area contributed by atoms with Gasteiger partial charge >= 0.3 is 5.97 Å². The third-order valence-electron chi connectivity index (χ3n) is 1.66. The van der Waals surface area contributed by atoms with E-state index >= 15 is 0 Å². The molecule has 0 aromatic rings. The van der Waals surface area contributed by atoms with Crippen molar-refractivity contribution in [3.8, 4) is 0 Å². The Kier molecular flexibility index (Phi) is 4.55. The average Bonchev–Trinajstić information content (AvgIpc) is 2.00. The fourth-order valence-electron chi connectivity index (χ4n) is 0.878. The van der Waals surface area contributed by atoms with Crippen LogP contribution >= 0.6 is 0 Å². The van der Waals surface area contributed by atoms with Crippen LogP contribution in [0.1, 0.15) is 47.5 Å². The summed E-state index contributed by atoms with van der Waals surface area (Å²) >= 11 is 0. The van der Waals surface area contributed by atoms with Crippen molar-refractivity contribution in [2.24, 2.45) is 0 Å². The summed E-state index contributed by atoms with van der Waals surface area (Å²) in [6, 6.07) is 0. The van der Waals surface area contributed by atoms with E-state index in [1.54, 1.807) is 20.8 Å². The van der Waals surface area contributed by atoms with Crippen LogP contribution in [0.3, 0.4) is 0 Å². The lowest BCUT2D eigenvalue weighted by atomic mass is 10.0. The lowest BCUT2D eigenvalue weighted by Crippen LogP contribution is -2.40. The zero-order valence-corrected chi connectivity index (χ0v) is 9.59. The van der Waals surface area contributed by atoms with Crippen LogP contribution in [-0.4, -0.2) is 22.3 Å². The summed E-state index contributed by atoms with van der Waals surface area (Å²) in [6.07, 6.45) is 1.16. The number of hydrogen-bond acceptors (Lipinski definition) is 3. The van der Waals surface area contributed by atoms with Gasteiger partial charge in [0.05, 0.1) is 5.60 Å². The first kappa shape index (κ1) is 13.4. The van der Waals surface area contributed by atoms with Crippen molar-refractivity contribution in [2.75, 3.05) is 0 Å². The summed E-state index contributed by atoms with van der Waals surface area (Å²) in [5.41, 5.74) is -1.74. The van der Waals surface area contributed by atoms with Crippen LogP contribution in [-0.2, 0) is 14.6 Å². The molecule has 84 valence electrons. The molecular formula is C10H20O4. The number of rotatable bonds is 5. The highest BCUT2D eigenvalue weighted by atomic mass is 17.2. The predicted molar refractivity (Wildman–Crippen MR) is 52.9 cm³/mol. The Morgan fingerprint density at radius 1 is 1.21 bits per heavy atom. The molecule has 0 aromatic heterocycles. The molecule has 1 unspecified atom stereocenters. The number of carboxylic acid groups (broad SMARTS) is 1. The fraction of sp³-hybridized carbons (Fsp3) is 0.900. The quantitative estimate of drug-likeness (QED) is 0.551. The molecule has 0 bridgehead atoms. The maximum atomic E-state index is 10.9. The molecule has 0 heterocycles. The molecule has 0 aliphatic heterocycles. The molecule has 1 N–H and O–H groups in total. The van der Waals surface area contributed by atoms with Gasteiger partial charge in [0.25, 0.3) is 0 Å². The highest BCUT2D eigenvalue weighted by Gasteiger charge is 2.36. The Bertz CT molecular complexity index is 195. The third-order valence-corrected chi connectivity index (χ3v) is 1.66. The maximum Gasteiger partial charge on any atom is 0.339 e. The Hall–Kier alpha value is -0.610. The summed E-state index contributed by atoms with van der Waals surface area (Å²) in [5, 5.41) is 8.96. The van der Waals surface area contributed by atoms with Crippen molar-refractivity contribution in [2.45, 2.75) is 58.7 Å². The molecule has 0 radical (unpaired) electrons. The number of carbonyl (C=O) groups is 1. The first-order valence-corrected chi connectivity index (χ1v) is 4.81. The van der Waals surface area contributed by atoms with Gasteiger partial charge in [0, 0.05) is 0 Å². The van der Waals surface area contributed by atoms with Crippen LogP contribution in [0.25, 0.3) is 0 Å². The Morgan fingerprint density at radius 3 is 2.00 bits per heavy atom. The van der Waals surface area contributed by atoms with E-state index in [0.29, 0.717) is 6.42 Å². The standard InChI is InChI=1S/C10H20O4/c1-6-7-10(5,8(11)12)14-13-9(2,3)4/h6-7H2,1-5H3,(H,11,12). The highest BCUT2D eigenvalue weighted by Crippen LogP contribution is 2.21. The Morgan fingerprint density at radius 2 is 1.71 bits per heavy atom. The molecule has 0 saturated heterocycles. The summed E-state index contributed by atoms with van der Waals surface area (Å²) in [5.74, 6) is -0.997. The van der Waals surface area contributed by atoms with Crippen molar-refractivity contribution in [1.82, 2.24) is 0 Å². The molecule has 4 nitrogen and oxygen atoms in total. The lowest BCUT2D eigenvalue weighted by Gasteiger charge is -2.27. The molecule has 0 spiro atoms. The van der Waals surface area contributed by atoms with E-state index in [-0.39, 0.29) is 0 Å². The first-order chi connectivity index (χ1) is 6.21. The van der Waals surface area contributed by atoms with Crippen molar-refractivity contribution >= 4 is 5.97 Å². The van der Waals surface area contributed by atoms with Crippen LogP contribution in [0, 0.1) is 0 Å². The van der Waals surface area contributed by atoms with E-state index in [1.165, 1.54) is 6.92 Å². The number of aliphatic carboxylic acids is 1. The van der Waals surface area contributed by atoms with Crippen LogP contribution in [0.15, 0.2) is 0 Å². The second-order valence-corrected chi connectivity index (χ2v) is 4.57. The van der Waals surface area contributed by atoms with Gasteiger partial charge in [0.2, 0.25) is 0 Å². The van der Waals surface area contributed by atoms with Crippen molar-refractivity contribution in [3.05, 3.63) is 0 Å². The largest absolute Gasteiger partial charge is 0.479 e. The topological polar surface area (TPSA) is 55.8 Å². The van der Waals surface area contributed by atoms with Crippen LogP contribution in [0.4, 0.5) is 0 Å². The van der Waals surface area contributed by atoms with E-state index in [9.17, 15) is 4.79 Å².